The first-order valence-corrected chi connectivity index (χ1v) is 8.80. The summed E-state index contributed by atoms with van der Waals surface area (Å²) in [5, 5.41) is 8.40. The Kier molecular flexibility index (Phi) is 4.32. The maximum Gasteiger partial charge on any atom is 0.416 e. The maximum atomic E-state index is 12.4. The number of fused-ring (bicyclic) bond motifs is 1. The fraction of sp³-hybridized carbons (Fsp3) is 0.263. The van der Waals surface area contributed by atoms with E-state index in [4.69, 9.17) is 16.3 Å². The molecule has 0 atom stereocenters. The molecule has 5 nitrogen and oxygen atoms in total. The van der Waals surface area contributed by atoms with Crippen molar-refractivity contribution in [2.45, 2.75) is 19.3 Å². The summed E-state index contributed by atoms with van der Waals surface area (Å²) in [5.41, 5.74) is 2.63. The first-order valence-electron chi connectivity index (χ1n) is 8.42. The molecule has 3 aromatic rings. The number of aromatic amines is 1. The summed E-state index contributed by atoms with van der Waals surface area (Å²) < 4.78 is 5.54. The predicted molar refractivity (Wildman–Crippen MR) is 98.0 cm³/mol. The Balaban J connectivity index is 1.67. The van der Waals surface area contributed by atoms with Crippen molar-refractivity contribution in [1.82, 2.24) is 15.1 Å². The van der Waals surface area contributed by atoms with Gasteiger partial charge in [0.15, 0.2) is 0 Å². The summed E-state index contributed by atoms with van der Waals surface area (Å²) in [5.74, 6) is 0.291. The molecule has 1 saturated heterocycles. The van der Waals surface area contributed by atoms with E-state index in [-0.39, 0.29) is 6.09 Å². The number of H-pyrrole nitrogens is 1. The fourth-order valence-electron chi connectivity index (χ4n) is 3.15. The molecule has 2 aromatic carbocycles. The number of ether oxygens (including phenoxy) is 1. The molecule has 128 valence electrons. The highest BCUT2D eigenvalue weighted by atomic mass is 35.5. The smallest absolute Gasteiger partial charge is 0.389 e. The number of rotatable bonds is 2. The van der Waals surface area contributed by atoms with Crippen molar-refractivity contribution in [2.75, 3.05) is 13.1 Å². The highest BCUT2D eigenvalue weighted by molar-refractivity contribution is 6.34. The lowest BCUT2D eigenvalue weighted by atomic mass is 10.0. The minimum absolute atomic E-state index is 0.291. The molecule has 1 aromatic heterocycles. The summed E-state index contributed by atoms with van der Waals surface area (Å²) in [6, 6.07) is 13.6. The van der Waals surface area contributed by atoms with Crippen molar-refractivity contribution in [3.8, 4) is 17.0 Å². The molecule has 0 unspecified atom stereocenters. The number of halogens is 1. The third-order valence-electron chi connectivity index (χ3n) is 4.50. The van der Waals surface area contributed by atoms with Crippen molar-refractivity contribution in [1.29, 1.82) is 0 Å². The molecule has 0 spiro atoms. The Morgan fingerprint density at radius 1 is 1.12 bits per heavy atom. The van der Waals surface area contributed by atoms with Crippen LogP contribution in [0.3, 0.4) is 0 Å². The monoisotopic (exact) mass is 355 g/mol. The van der Waals surface area contributed by atoms with E-state index in [2.05, 4.69) is 10.2 Å². The normalized spacial score (nSPS) is 14.7. The van der Waals surface area contributed by atoms with Crippen LogP contribution >= 0.6 is 11.6 Å². The molecule has 1 aliphatic rings. The second-order valence-corrected chi connectivity index (χ2v) is 6.60. The SMILES string of the molecule is O=C(Oc1n[nH]c2cc(Cl)c(-c3ccccc3)cc12)N1CCCCC1. The number of hydrogen-bond acceptors (Lipinski definition) is 3. The van der Waals surface area contributed by atoms with Crippen LogP contribution in [0.5, 0.6) is 5.88 Å². The molecule has 0 aliphatic carbocycles. The van der Waals surface area contributed by atoms with Gasteiger partial charge in [-0.1, -0.05) is 41.9 Å². The van der Waals surface area contributed by atoms with Crippen molar-refractivity contribution in [3.05, 3.63) is 47.5 Å². The van der Waals surface area contributed by atoms with E-state index in [0.717, 1.165) is 54.4 Å². The second kappa shape index (κ2) is 6.76. The van der Waals surface area contributed by atoms with E-state index >= 15 is 0 Å². The predicted octanol–water partition coefficient (Wildman–Crippen LogP) is 4.87. The molecule has 2 heterocycles. The lowest BCUT2D eigenvalue weighted by Crippen LogP contribution is -2.37. The number of likely N-dealkylation sites (tertiary alicyclic amines) is 1. The average Bonchev–Trinajstić information content (AvgIpc) is 3.04. The van der Waals surface area contributed by atoms with Crippen LogP contribution in [0.1, 0.15) is 19.3 Å². The van der Waals surface area contributed by atoms with Crippen molar-refractivity contribution >= 4 is 28.6 Å². The van der Waals surface area contributed by atoms with Crippen LogP contribution in [0, 0.1) is 0 Å². The minimum atomic E-state index is -0.343. The van der Waals surface area contributed by atoms with Gasteiger partial charge in [-0.25, -0.2) is 4.79 Å². The molecule has 1 amide bonds. The molecular weight excluding hydrogens is 338 g/mol. The third-order valence-corrected chi connectivity index (χ3v) is 4.81. The molecule has 0 radical (unpaired) electrons. The van der Waals surface area contributed by atoms with Gasteiger partial charge in [-0.3, -0.25) is 5.10 Å². The van der Waals surface area contributed by atoms with Crippen LogP contribution < -0.4 is 4.74 Å². The summed E-state index contributed by atoms with van der Waals surface area (Å²) in [6.07, 6.45) is 2.85. The van der Waals surface area contributed by atoms with Gasteiger partial charge in [-0.05, 0) is 37.0 Å². The zero-order valence-corrected chi connectivity index (χ0v) is 14.4. The molecule has 0 saturated carbocycles. The standard InChI is InChI=1S/C19H18ClN3O2/c20-16-12-17-15(11-14(16)13-7-3-1-4-8-13)18(22-21-17)25-19(24)23-9-5-2-6-10-23/h1,3-4,7-8,11-12H,2,5-6,9-10H2,(H,21,22). The Labute approximate surface area is 150 Å². The number of nitrogens with zero attached hydrogens (tertiary/aromatic N) is 2. The van der Waals surface area contributed by atoms with E-state index in [1.165, 1.54) is 0 Å². The first kappa shape index (κ1) is 16.0. The lowest BCUT2D eigenvalue weighted by molar-refractivity contribution is 0.141. The largest absolute Gasteiger partial charge is 0.416 e. The molecule has 0 bridgehead atoms. The first-order chi connectivity index (χ1) is 12.2. The molecule has 25 heavy (non-hydrogen) atoms. The summed E-state index contributed by atoms with van der Waals surface area (Å²) in [4.78, 5) is 14.1. The highest BCUT2D eigenvalue weighted by Crippen LogP contribution is 2.34. The van der Waals surface area contributed by atoms with Gasteiger partial charge in [0.1, 0.15) is 0 Å². The summed E-state index contributed by atoms with van der Waals surface area (Å²) in [6.45, 7) is 1.48. The Morgan fingerprint density at radius 2 is 1.88 bits per heavy atom. The zero-order chi connectivity index (χ0) is 17.2. The average molecular weight is 356 g/mol. The molecule has 4 rings (SSSR count). The number of carbonyl (C=O) groups excluding carboxylic acids is 1. The van der Waals surface area contributed by atoms with Gasteiger partial charge in [0.2, 0.25) is 0 Å². The topological polar surface area (TPSA) is 58.2 Å². The van der Waals surface area contributed by atoms with Crippen LogP contribution in [0.15, 0.2) is 42.5 Å². The van der Waals surface area contributed by atoms with Crippen molar-refractivity contribution in [2.24, 2.45) is 0 Å². The van der Waals surface area contributed by atoms with Crippen LogP contribution in [0.2, 0.25) is 5.02 Å². The molecular formula is C19H18ClN3O2. The van der Waals surface area contributed by atoms with Crippen LogP contribution in [-0.2, 0) is 0 Å². The number of nitrogens with one attached hydrogen (secondary N) is 1. The summed E-state index contributed by atoms with van der Waals surface area (Å²) in [7, 11) is 0. The minimum Gasteiger partial charge on any atom is -0.389 e. The highest BCUT2D eigenvalue weighted by Gasteiger charge is 2.21. The van der Waals surface area contributed by atoms with Crippen LogP contribution in [0.25, 0.3) is 22.0 Å². The van der Waals surface area contributed by atoms with Gasteiger partial charge < -0.3 is 9.64 Å². The molecule has 1 N–H and O–H groups in total. The van der Waals surface area contributed by atoms with Crippen molar-refractivity contribution in [3.63, 3.8) is 0 Å². The Morgan fingerprint density at radius 3 is 2.64 bits per heavy atom. The molecule has 1 aliphatic heterocycles. The number of carbonyl (C=O) groups is 1. The van der Waals surface area contributed by atoms with Crippen LogP contribution in [0.4, 0.5) is 4.79 Å². The van der Waals surface area contributed by atoms with Gasteiger partial charge in [0, 0.05) is 18.7 Å². The summed E-state index contributed by atoms with van der Waals surface area (Å²) >= 11 is 6.41. The van der Waals surface area contributed by atoms with Crippen molar-refractivity contribution < 1.29 is 9.53 Å². The van der Waals surface area contributed by atoms with E-state index in [1.54, 1.807) is 4.90 Å². The maximum absolute atomic E-state index is 12.4. The van der Waals surface area contributed by atoms with Gasteiger partial charge in [0.25, 0.3) is 5.88 Å². The van der Waals surface area contributed by atoms with Gasteiger partial charge in [-0.15, -0.1) is 5.10 Å². The zero-order valence-electron chi connectivity index (χ0n) is 13.7. The number of benzene rings is 2. The van der Waals surface area contributed by atoms with Crippen LogP contribution in [-0.4, -0.2) is 34.3 Å². The van der Waals surface area contributed by atoms with E-state index in [0.29, 0.717) is 10.9 Å². The Bertz CT molecular complexity index is 902. The fourth-order valence-corrected chi connectivity index (χ4v) is 3.43. The third kappa shape index (κ3) is 3.20. The molecule has 1 fully saturated rings. The Hall–Kier alpha value is -2.53. The van der Waals surface area contributed by atoms with Gasteiger partial charge >= 0.3 is 6.09 Å². The number of hydrogen-bond donors (Lipinski definition) is 1. The molecule has 6 heteroatoms. The van der Waals surface area contributed by atoms with E-state index in [1.807, 2.05) is 42.5 Å². The number of amides is 1. The second-order valence-electron chi connectivity index (χ2n) is 6.19. The lowest BCUT2D eigenvalue weighted by Gasteiger charge is -2.25. The number of aromatic nitrogens is 2. The quantitative estimate of drug-likeness (QED) is 0.713. The van der Waals surface area contributed by atoms with Gasteiger partial charge in [-0.2, -0.15) is 0 Å². The number of piperidine rings is 1. The van der Waals surface area contributed by atoms with E-state index < -0.39 is 0 Å². The van der Waals surface area contributed by atoms with Gasteiger partial charge in [0.05, 0.1) is 15.9 Å². The van der Waals surface area contributed by atoms with E-state index in [9.17, 15) is 4.79 Å².